The second kappa shape index (κ2) is 5.38. The Hall–Kier alpha value is -0.900. The zero-order valence-electron chi connectivity index (χ0n) is 13.0. The molecular weight excluding hydrogens is 258 g/mol. The van der Waals surface area contributed by atoms with E-state index in [0.717, 1.165) is 6.04 Å². The van der Waals surface area contributed by atoms with Crippen molar-refractivity contribution in [3.63, 3.8) is 0 Å². The van der Waals surface area contributed by atoms with Gasteiger partial charge < -0.3 is 5.73 Å². The Morgan fingerprint density at radius 1 is 0.952 bits per heavy atom. The van der Waals surface area contributed by atoms with Gasteiger partial charge in [-0.25, -0.2) is 0 Å². The average Bonchev–Trinajstić information content (AvgIpc) is 3.36. The molecule has 0 aromatic heterocycles. The summed E-state index contributed by atoms with van der Waals surface area (Å²) in [4.78, 5) is 5.35. The van der Waals surface area contributed by atoms with E-state index in [1.54, 1.807) is 0 Å². The second-order valence-electron chi connectivity index (χ2n) is 7.16. The van der Waals surface area contributed by atoms with Crippen LogP contribution >= 0.6 is 0 Å². The number of rotatable bonds is 2. The summed E-state index contributed by atoms with van der Waals surface area (Å²) in [5.74, 6) is 0.632. The van der Waals surface area contributed by atoms with Crippen LogP contribution in [-0.2, 0) is 0 Å². The lowest BCUT2D eigenvalue weighted by molar-refractivity contribution is 0.0702. The van der Waals surface area contributed by atoms with Crippen LogP contribution in [0.25, 0.3) is 0 Å². The lowest BCUT2D eigenvalue weighted by atomic mass is 9.77. The quantitative estimate of drug-likeness (QED) is 0.905. The van der Waals surface area contributed by atoms with Gasteiger partial charge in [-0.2, -0.15) is 0 Å². The number of hydrogen-bond acceptors (Lipinski definition) is 3. The molecule has 4 rings (SSSR count). The van der Waals surface area contributed by atoms with Gasteiger partial charge in [0, 0.05) is 44.3 Å². The number of hydrogen-bond donors (Lipinski definition) is 1. The summed E-state index contributed by atoms with van der Waals surface area (Å²) >= 11 is 0. The lowest BCUT2D eigenvalue weighted by Gasteiger charge is -2.45. The Bertz CT molecular complexity index is 503. The van der Waals surface area contributed by atoms with Gasteiger partial charge in [0.05, 0.1) is 0 Å². The fourth-order valence-corrected chi connectivity index (χ4v) is 4.36. The fraction of sp³-hybridized carbons (Fsp3) is 0.667. The van der Waals surface area contributed by atoms with Gasteiger partial charge >= 0.3 is 0 Å². The van der Waals surface area contributed by atoms with Crippen molar-refractivity contribution >= 4 is 0 Å². The summed E-state index contributed by atoms with van der Waals surface area (Å²) in [7, 11) is 0. The maximum atomic E-state index is 6.64. The van der Waals surface area contributed by atoms with Crippen LogP contribution in [-0.4, -0.2) is 48.1 Å². The van der Waals surface area contributed by atoms with Gasteiger partial charge in [-0.1, -0.05) is 31.2 Å². The molecule has 3 aliphatic rings. The maximum absolute atomic E-state index is 6.64. The highest BCUT2D eigenvalue weighted by Gasteiger charge is 2.37. The molecule has 3 unspecified atom stereocenters. The second-order valence-corrected chi connectivity index (χ2v) is 7.16. The Morgan fingerprint density at radius 2 is 1.57 bits per heavy atom. The largest absolute Gasteiger partial charge is 0.323 e. The summed E-state index contributed by atoms with van der Waals surface area (Å²) in [6, 6.07) is 10.4. The van der Waals surface area contributed by atoms with Crippen molar-refractivity contribution < 1.29 is 0 Å². The van der Waals surface area contributed by atoms with Crippen molar-refractivity contribution in [3.8, 4) is 0 Å². The monoisotopic (exact) mass is 285 g/mol. The zero-order chi connectivity index (χ0) is 14.4. The molecule has 1 saturated heterocycles. The van der Waals surface area contributed by atoms with Crippen molar-refractivity contribution in [1.29, 1.82) is 0 Å². The smallest absolute Gasteiger partial charge is 0.0456 e. The highest BCUT2D eigenvalue weighted by Crippen LogP contribution is 2.39. The maximum Gasteiger partial charge on any atom is 0.0456 e. The van der Waals surface area contributed by atoms with Crippen molar-refractivity contribution in [2.45, 2.75) is 50.2 Å². The van der Waals surface area contributed by atoms with Crippen LogP contribution < -0.4 is 5.73 Å². The van der Waals surface area contributed by atoms with E-state index >= 15 is 0 Å². The molecule has 21 heavy (non-hydrogen) atoms. The highest BCUT2D eigenvalue weighted by molar-refractivity contribution is 5.36. The van der Waals surface area contributed by atoms with E-state index in [9.17, 15) is 0 Å². The molecule has 2 aliphatic carbocycles. The van der Waals surface area contributed by atoms with Crippen LogP contribution in [0, 0.1) is 0 Å². The minimum absolute atomic E-state index is 0.185. The molecule has 1 aliphatic heterocycles. The third kappa shape index (κ3) is 2.52. The van der Waals surface area contributed by atoms with Crippen LogP contribution in [0.2, 0.25) is 0 Å². The predicted molar refractivity (Wildman–Crippen MR) is 86.4 cm³/mol. The molecule has 1 aromatic rings. The Labute approximate surface area is 128 Å². The minimum atomic E-state index is 0.185. The van der Waals surface area contributed by atoms with Gasteiger partial charge in [-0.05, 0) is 36.3 Å². The molecule has 0 spiro atoms. The first-order valence-electron chi connectivity index (χ1n) is 8.56. The van der Waals surface area contributed by atoms with E-state index in [1.807, 2.05) is 0 Å². The van der Waals surface area contributed by atoms with Crippen LogP contribution in [0.3, 0.4) is 0 Å². The molecule has 0 bridgehead atoms. The Morgan fingerprint density at radius 3 is 2.24 bits per heavy atom. The van der Waals surface area contributed by atoms with Crippen molar-refractivity contribution in [3.05, 3.63) is 35.4 Å². The summed E-state index contributed by atoms with van der Waals surface area (Å²) in [5.41, 5.74) is 9.49. The third-order valence-electron chi connectivity index (χ3n) is 5.78. The molecule has 0 radical (unpaired) electrons. The van der Waals surface area contributed by atoms with E-state index in [4.69, 9.17) is 5.73 Å². The first-order valence-corrected chi connectivity index (χ1v) is 8.56. The zero-order valence-corrected chi connectivity index (χ0v) is 13.0. The molecular formula is C18H27N3. The van der Waals surface area contributed by atoms with E-state index in [0.29, 0.717) is 12.0 Å². The van der Waals surface area contributed by atoms with E-state index < -0.39 is 0 Å². The third-order valence-corrected chi connectivity index (χ3v) is 5.78. The number of piperazine rings is 1. The summed E-state index contributed by atoms with van der Waals surface area (Å²) in [5, 5.41) is 0. The van der Waals surface area contributed by atoms with Crippen molar-refractivity contribution in [2.24, 2.45) is 5.73 Å². The molecule has 0 amide bonds. The average molecular weight is 285 g/mol. The van der Waals surface area contributed by atoms with Gasteiger partial charge in [0.25, 0.3) is 0 Å². The molecule has 3 heteroatoms. The van der Waals surface area contributed by atoms with E-state index in [2.05, 4.69) is 41.0 Å². The molecule has 114 valence electrons. The van der Waals surface area contributed by atoms with Gasteiger partial charge in [0.2, 0.25) is 0 Å². The van der Waals surface area contributed by atoms with Crippen LogP contribution in [0.4, 0.5) is 0 Å². The molecule has 1 heterocycles. The first-order chi connectivity index (χ1) is 10.2. The normalized spacial score (nSPS) is 34.7. The highest BCUT2D eigenvalue weighted by atomic mass is 15.3. The van der Waals surface area contributed by atoms with E-state index in [-0.39, 0.29) is 6.04 Å². The molecule has 1 saturated carbocycles. The Balaban J connectivity index is 1.49. The van der Waals surface area contributed by atoms with Gasteiger partial charge in [-0.3, -0.25) is 9.80 Å². The number of nitrogens with zero attached hydrogens (tertiary/aromatic N) is 2. The van der Waals surface area contributed by atoms with Crippen LogP contribution in [0.15, 0.2) is 24.3 Å². The van der Waals surface area contributed by atoms with Gasteiger partial charge in [-0.15, -0.1) is 0 Å². The molecule has 2 fully saturated rings. The molecule has 3 nitrogen and oxygen atoms in total. The molecule has 1 aromatic carbocycles. The summed E-state index contributed by atoms with van der Waals surface area (Å²) < 4.78 is 0. The van der Waals surface area contributed by atoms with Crippen molar-refractivity contribution in [2.75, 3.05) is 26.2 Å². The Kier molecular flexibility index (Phi) is 3.52. The molecule has 3 atom stereocenters. The fourth-order valence-electron chi connectivity index (χ4n) is 4.36. The van der Waals surface area contributed by atoms with E-state index in [1.165, 1.54) is 56.6 Å². The predicted octanol–water partition coefficient (Wildman–Crippen LogP) is 2.34. The summed E-state index contributed by atoms with van der Waals surface area (Å²) in [6.45, 7) is 7.24. The van der Waals surface area contributed by atoms with Crippen LogP contribution in [0.5, 0.6) is 0 Å². The number of fused-ring (bicyclic) bond motifs is 1. The SMILES string of the molecule is CC1CC(N2CCN(C3CC3)CC2)C(N)c2ccccc21. The molecule has 2 N–H and O–H groups in total. The standard InChI is InChI=1S/C18H27N3/c1-13-12-17(18(19)16-5-3-2-4-15(13)16)21-10-8-20(9-11-21)14-6-7-14/h2-5,13-14,17-18H,6-12,19H2,1H3. The lowest BCUT2D eigenvalue weighted by Crippen LogP contribution is -2.54. The van der Waals surface area contributed by atoms with Crippen LogP contribution in [0.1, 0.15) is 49.3 Å². The first kappa shape index (κ1) is 13.7. The topological polar surface area (TPSA) is 32.5 Å². The van der Waals surface area contributed by atoms with Crippen molar-refractivity contribution in [1.82, 2.24) is 9.80 Å². The minimum Gasteiger partial charge on any atom is -0.323 e. The van der Waals surface area contributed by atoms with Gasteiger partial charge in [0.1, 0.15) is 0 Å². The summed E-state index contributed by atoms with van der Waals surface area (Å²) in [6.07, 6.45) is 4.06. The number of benzene rings is 1. The van der Waals surface area contributed by atoms with Gasteiger partial charge in [0.15, 0.2) is 0 Å². The number of nitrogens with two attached hydrogens (primary N) is 1.